The molecule has 1 atom stereocenters. The van der Waals surface area contributed by atoms with Crippen molar-refractivity contribution in [2.75, 3.05) is 12.4 Å². The number of allylic oxidation sites excluding steroid dienone is 2. The van der Waals surface area contributed by atoms with Gasteiger partial charge in [0, 0.05) is 34.7 Å². The number of ketones is 1. The second kappa shape index (κ2) is 6.80. The molecule has 5 nitrogen and oxygen atoms in total. The van der Waals surface area contributed by atoms with Crippen molar-refractivity contribution in [3.05, 3.63) is 76.4 Å². The summed E-state index contributed by atoms with van der Waals surface area (Å²) in [5.74, 6) is -1.12. The van der Waals surface area contributed by atoms with Crippen LogP contribution in [0, 0.1) is 11.2 Å². The number of Topliss-reactive ketones (excluding diaryl/α,β-unsaturated/α-hetero) is 1. The normalized spacial score (nSPS) is 19.6. The van der Waals surface area contributed by atoms with Crippen LogP contribution < -0.4 is 5.32 Å². The van der Waals surface area contributed by atoms with Gasteiger partial charge in [0.15, 0.2) is 5.78 Å². The molecule has 2 heterocycles. The molecular weight excluding hydrogens is 397 g/mol. The van der Waals surface area contributed by atoms with Crippen molar-refractivity contribution in [2.24, 2.45) is 5.41 Å². The molecule has 1 unspecified atom stereocenters. The second-order valence-electron chi connectivity index (χ2n) is 8.98. The van der Waals surface area contributed by atoms with Crippen LogP contribution in [0.5, 0.6) is 0 Å². The largest absolute Gasteiger partial charge is 0.463 e. The third kappa shape index (κ3) is 3.14. The first-order valence-corrected chi connectivity index (χ1v) is 10.2. The van der Waals surface area contributed by atoms with E-state index in [1.165, 1.54) is 19.2 Å². The highest BCUT2D eigenvalue weighted by atomic mass is 19.1. The number of carbonyl (C=O) groups excluding carboxylic acids is 2. The van der Waals surface area contributed by atoms with E-state index in [2.05, 4.69) is 19.2 Å². The van der Waals surface area contributed by atoms with Crippen LogP contribution in [0.15, 0.2) is 58.2 Å². The van der Waals surface area contributed by atoms with E-state index in [1.807, 2.05) is 6.07 Å². The maximum atomic E-state index is 13.7. The van der Waals surface area contributed by atoms with Gasteiger partial charge in [0.05, 0.1) is 7.11 Å². The molecule has 0 amide bonds. The Hall–Kier alpha value is -3.41. The Balaban J connectivity index is 1.78. The average Bonchev–Trinajstić information content (AvgIpc) is 3.16. The lowest BCUT2D eigenvalue weighted by Gasteiger charge is -2.39. The summed E-state index contributed by atoms with van der Waals surface area (Å²) in [5.41, 5.74) is 4.49. The lowest BCUT2D eigenvalue weighted by molar-refractivity contribution is -0.118. The van der Waals surface area contributed by atoms with Crippen molar-refractivity contribution in [1.82, 2.24) is 0 Å². The lowest BCUT2D eigenvalue weighted by atomic mass is 9.68. The molecule has 0 bridgehead atoms. The lowest BCUT2D eigenvalue weighted by Crippen LogP contribution is -2.33. The Morgan fingerprint density at radius 2 is 1.90 bits per heavy atom. The number of esters is 1. The highest BCUT2D eigenvalue weighted by Gasteiger charge is 2.41. The Morgan fingerprint density at radius 1 is 1.16 bits per heavy atom. The van der Waals surface area contributed by atoms with Gasteiger partial charge in [-0.15, -0.1) is 0 Å². The van der Waals surface area contributed by atoms with E-state index in [-0.39, 0.29) is 28.7 Å². The molecule has 2 aliphatic rings. The van der Waals surface area contributed by atoms with E-state index in [0.717, 1.165) is 34.3 Å². The third-order valence-electron chi connectivity index (χ3n) is 6.12. The first-order chi connectivity index (χ1) is 14.8. The third-order valence-corrected chi connectivity index (χ3v) is 6.12. The number of nitrogens with one attached hydrogen (secondary N) is 1. The van der Waals surface area contributed by atoms with Crippen LogP contribution in [0.4, 0.5) is 10.1 Å². The molecule has 1 N–H and O–H groups in total. The van der Waals surface area contributed by atoms with Crippen LogP contribution >= 0.6 is 0 Å². The SMILES string of the molecule is COC(=O)c1cc2c3c(ccc2o1)NC1=C(C(=O)CC(C)(C)C1)C3c1ccc(F)cc1. The molecule has 0 saturated carbocycles. The average molecular weight is 419 g/mol. The fourth-order valence-electron chi connectivity index (χ4n) is 4.83. The maximum absolute atomic E-state index is 13.7. The number of hydrogen-bond acceptors (Lipinski definition) is 5. The van der Waals surface area contributed by atoms with Crippen molar-refractivity contribution in [3.63, 3.8) is 0 Å². The molecule has 2 aromatic carbocycles. The van der Waals surface area contributed by atoms with Crippen molar-refractivity contribution < 1.29 is 23.1 Å². The van der Waals surface area contributed by atoms with Crippen molar-refractivity contribution in [3.8, 4) is 0 Å². The monoisotopic (exact) mass is 419 g/mol. The molecule has 1 aliphatic carbocycles. The topological polar surface area (TPSA) is 68.5 Å². The van der Waals surface area contributed by atoms with Crippen LogP contribution in [-0.2, 0) is 9.53 Å². The molecule has 6 heteroatoms. The zero-order valence-electron chi connectivity index (χ0n) is 17.5. The van der Waals surface area contributed by atoms with Gasteiger partial charge in [-0.2, -0.15) is 0 Å². The number of hydrogen-bond donors (Lipinski definition) is 1. The fraction of sp³-hybridized carbons (Fsp3) is 0.280. The number of ether oxygens (including phenoxy) is 1. The number of benzene rings is 2. The van der Waals surface area contributed by atoms with Crippen LogP contribution in [0.25, 0.3) is 11.0 Å². The van der Waals surface area contributed by atoms with E-state index >= 15 is 0 Å². The molecule has 5 rings (SSSR count). The van der Waals surface area contributed by atoms with Gasteiger partial charge in [-0.05, 0) is 53.3 Å². The quantitative estimate of drug-likeness (QED) is 0.551. The molecule has 158 valence electrons. The summed E-state index contributed by atoms with van der Waals surface area (Å²) >= 11 is 0. The summed E-state index contributed by atoms with van der Waals surface area (Å²) in [6.45, 7) is 4.17. The van der Waals surface area contributed by atoms with E-state index in [9.17, 15) is 14.0 Å². The predicted octanol–water partition coefficient (Wildman–Crippen LogP) is 5.56. The Kier molecular flexibility index (Phi) is 4.29. The molecule has 0 saturated heterocycles. The van der Waals surface area contributed by atoms with Gasteiger partial charge < -0.3 is 14.5 Å². The van der Waals surface area contributed by atoms with Crippen LogP contribution in [0.3, 0.4) is 0 Å². The van der Waals surface area contributed by atoms with Gasteiger partial charge in [0.25, 0.3) is 0 Å². The maximum Gasteiger partial charge on any atom is 0.373 e. The summed E-state index contributed by atoms with van der Waals surface area (Å²) in [4.78, 5) is 25.4. The molecule has 1 aromatic heterocycles. The number of methoxy groups -OCH3 is 1. The van der Waals surface area contributed by atoms with Gasteiger partial charge in [0.2, 0.25) is 5.76 Å². The number of fused-ring (bicyclic) bond motifs is 3. The molecule has 0 radical (unpaired) electrons. The fourth-order valence-corrected chi connectivity index (χ4v) is 4.83. The minimum absolute atomic E-state index is 0.0763. The molecule has 0 fully saturated rings. The number of rotatable bonds is 2. The highest BCUT2D eigenvalue weighted by Crippen LogP contribution is 2.51. The minimum atomic E-state index is -0.567. The zero-order chi connectivity index (χ0) is 21.9. The summed E-state index contributed by atoms with van der Waals surface area (Å²) in [5, 5.41) is 4.19. The van der Waals surface area contributed by atoms with Crippen molar-refractivity contribution >= 4 is 28.4 Å². The van der Waals surface area contributed by atoms with Gasteiger partial charge in [-0.25, -0.2) is 9.18 Å². The minimum Gasteiger partial charge on any atom is -0.463 e. The first-order valence-electron chi connectivity index (χ1n) is 10.2. The number of anilines is 1. The van der Waals surface area contributed by atoms with Crippen LogP contribution in [0.1, 0.15) is 54.3 Å². The van der Waals surface area contributed by atoms with E-state index < -0.39 is 5.97 Å². The first kappa shape index (κ1) is 19.5. The summed E-state index contributed by atoms with van der Waals surface area (Å²) < 4.78 is 24.2. The van der Waals surface area contributed by atoms with E-state index in [1.54, 1.807) is 24.3 Å². The van der Waals surface area contributed by atoms with Crippen LogP contribution in [0.2, 0.25) is 0 Å². The Labute approximate surface area is 178 Å². The predicted molar refractivity (Wildman–Crippen MR) is 114 cm³/mol. The van der Waals surface area contributed by atoms with Gasteiger partial charge in [0.1, 0.15) is 11.4 Å². The van der Waals surface area contributed by atoms with Gasteiger partial charge >= 0.3 is 5.97 Å². The number of furan rings is 1. The Morgan fingerprint density at radius 3 is 2.61 bits per heavy atom. The van der Waals surface area contributed by atoms with Gasteiger partial charge in [-0.1, -0.05) is 26.0 Å². The number of carbonyl (C=O) groups is 2. The zero-order valence-corrected chi connectivity index (χ0v) is 17.5. The van der Waals surface area contributed by atoms with E-state index in [0.29, 0.717) is 17.6 Å². The molecule has 1 aliphatic heterocycles. The summed E-state index contributed by atoms with van der Waals surface area (Å²) in [7, 11) is 1.30. The molecule has 31 heavy (non-hydrogen) atoms. The molecule has 0 spiro atoms. The van der Waals surface area contributed by atoms with Gasteiger partial charge in [-0.3, -0.25) is 4.79 Å². The Bertz CT molecular complexity index is 1270. The van der Waals surface area contributed by atoms with Crippen molar-refractivity contribution in [1.29, 1.82) is 0 Å². The molecular formula is C25H22FNO4. The van der Waals surface area contributed by atoms with Crippen LogP contribution in [-0.4, -0.2) is 18.9 Å². The second-order valence-corrected chi connectivity index (χ2v) is 8.98. The van der Waals surface area contributed by atoms with Crippen molar-refractivity contribution in [2.45, 2.75) is 32.6 Å². The number of halogens is 1. The summed E-state index contributed by atoms with van der Waals surface area (Å²) in [6.07, 6.45) is 1.18. The smallest absolute Gasteiger partial charge is 0.373 e. The van der Waals surface area contributed by atoms with E-state index in [4.69, 9.17) is 9.15 Å². The standard InChI is InChI=1S/C25H22FNO4/c1-25(2)11-17-23(18(28)12-25)21(13-4-6-14(26)7-5-13)22-15-10-20(24(29)30-3)31-19(15)9-8-16(22)27-17/h4-10,21,27H,11-12H2,1-3H3. The molecule has 3 aromatic rings. The highest BCUT2D eigenvalue weighted by molar-refractivity contribution is 6.04. The summed E-state index contributed by atoms with van der Waals surface area (Å²) in [6, 6.07) is 11.6.